The number of nitrogens with one attached hydrogen (secondary N) is 1. The van der Waals surface area contributed by atoms with Gasteiger partial charge in [0.25, 0.3) is 10.2 Å². The average molecular weight is 346 g/mol. The standard InChI is InChI=1S/C14H22N2O6S/c1-10-3-4-13(22-10)12(9-21-2)15-23(19,20)16-7-5-11(6-8-16)14(17)18/h3-4,11-12,15H,5-9H2,1-2H3,(H,17,18). The van der Waals surface area contributed by atoms with Gasteiger partial charge in [-0.05, 0) is 31.9 Å². The first-order chi connectivity index (χ1) is 10.8. The van der Waals surface area contributed by atoms with Crippen molar-refractivity contribution in [3.63, 3.8) is 0 Å². The number of aliphatic carboxylic acids is 1. The molecule has 1 aromatic rings. The first kappa shape index (κ1) is 17.9. The van der Waals surface area contributed by atoms with Crippen molar-refractivity contribution in [3.05, 3.63) is 23.7 Å². The molecule has 1 aliphatic rings. The molecule has 0 saturated carbocycles. The van der Waals surface area contributed by atoms with Gasteiger partial charge in [-0.25, -0.2) is 0 Å². The summed E-state index contributed by atoms with van der Waals surface area (Å²) in [7, 11) is -2.26. The van der Waals surface area contributed by atoms with Crippen LogP contribution in [0.2, 0.25) is 0 Å². The van der Waals surface area contributed by atoms with Gasteiger partial charge in [-0.2, -0.15) is 17.4 Å². The number of hydrogen-bond acceptors (Lipinski definition) is 5. The summed E-state index contributed by atoms with van der Waals surface area (Å²) < 4.78 is 39.4. The number of piperidine rings is 1. The lowest BCUT2D eigenvalue weighted by Crippen LogP contribution is -2.47. The molecule has 8 nitrogen and oxygen atoms in total. The van der Waals surface area contributed by atoms with E-state index in [9.17, 15) is 13.2 Å². The molecule has 2 heterocycles. The van der Waals surface area contributed by atoms with E-state index in [4.69, 9.17) is 14.3 Å². The maximum Gasteiger partial charge on any atom is 0.306 e. The van der Waals surface area contributed by atoms with Gasteiger partial charge >= 0.3 is 5.97 Å². The minimum absolute atomic E-state index is 0.137. The molecule has 23 heavy (non-hydrogen) atoms. The summed E-state index contributed by atoms with van der Waals surface area (Å²) >= 11 is 0. The average Bonchev–Trinajstić information content (AvgIpc) is 2.93. The van der Waals surface area contributed by atoms with Gasteiger partial charge in [0.15, 0.2) is 0 Å². The van der Waals surface area contributed by atoms with Gasteiger partial charge in [0.1, 0.15) is 17.6 Å². The highest BCUT2D eigenvalue weighted by Crippen LogP contribution is 2.22. The lowest BCUT2D eigenvalue weighted by atomic mass is 9.99. The van der Waals surface area contributed by atoms with Crippen LogP contribution >= 0.6 is 0 Å². The largest absolute Gasteiger partial charge is 0.481 e. The van der Waals surface area contributed by atoms with Crippen LogP contribution < -0.4 is 4.72 Å². The molecule has 2 rings (SSSR count). The number of carbonyl (C=O) groups is 1. The molecule has 1 saturated heterocycles. The monoisotopic (exact) mass is 346 g/mol. The highest BCUT2D eigenvalue weighted by Gasteiger charge is 2.33. The van der Waals surface area contributed by atoms with E-state index in [1.807, 2.05) is 0 Å². The van der Waals surface area contributed by atoms with Gasteiger partial charge in [0.2, 0.25) is 0 Å². The van der Waals surface area contributed by atoms with Crippen molar-refractivity contribution in [3.8, 4) is 0 Å². The third-order valence-corrected chi connectivity index (χ3v) is 5.50. The van der Waals surface area contributed by atoms with Crippen LogP contribution in [0, 0.1) is 12.8 Å². The molecule has 1 aromatic heterocycles. The van der Waals surface area contributed by atoms with Gasteiger partial charge in [0.05, 0.1) is 12.5 Å². The number of hydrogen-bond donors (Lipinski definition) is 2. The van der Waals surface area contributed by atoms with Crippen LogP contribution in [0.5, 0.6) is 0 Å². The first-order valence-electron chi connectivity index (χ1n) is 7.39. The van der Waals surface area contributed by atoms with E-state index in [-0.39, 0.29) is 19.7 Å². The fourth-order valence-corrected chi connectivity index (χ4v) is 3.96. The second-order valence-electron chi connectivity index (χ2n) is 5.59. The van der Waals surface area contributed by atoms with Gasteiger partial charge in [-0.15, -0.1) is 0 Å². The summed E-state index contributed by atoms with van der Waals surface area (Å²) in [5.41, 5.74) is 0. The van der Waals surface area contributed by atoms with Crippen LogP contribution in [0.4, 0.5) is 0 Å². The lowest BCUT2D eigenvalue weighted by Gasteiger charge is -2.30. The topological polar surface area (TPSA) is 109 Å². The van der Waals surface area contributed by atoms with E-state index < -0.39 is 28.1 Å². The molecular formula is C14H22N2O6S. The number of nitrogens with zero attached hydrogens (tertiary/aromatic N) is 1. The number of furan rings is 1. The van der Waals surface area contributed by atoms with Crippen LogP contribution in [0.3, 0.4) is 0 Å². The van der Waals surface area contributed by atoms with Crippen LogP contribution in [-0.2, 0) is 19.7 Å². The van der Waals surface area contributed by atoms with Crippen molar-refractivity contribution >= 4 is 16.2 Å². The highest BCUT2D eigenvalue weighted by molar-refractivity contribution is 7.87. The minimum Gasteiger partial charge on any atom is -0.481 e. The van der Waals surface area contributed by atoms with E-state index in [0.717, 1.165) is 0 Å². The molecular weight excluding hydrogens is 324 g/mol. The molecule has 0 bridgehead atoms. The second kappa shape index (κ2) is 7.43. The zero-order valence-corrected chi connectivity index (χ0v) is 14.0. The van der Waals surface area contributed by atoms with Crippen LogP contribution in [0.1, 0.15) is 30.4 Å². The van der Waals surface area contributed by atoms with Crippen LogP contribution in [-0.4, -0.2) is 50.6 Å². The quantitative estimate of drug-likeness (QED) is 0.759. The normalized spacial score (nSPS) is 18.9. The molecule has 2 N–H and O–H groups in total. The third-order valence-electron chi connectivity index (χ3n) is 3.87. The van der Waals surface area contributed by atoms with Crippen molar-refractivity contribution in [1.82, 2.24) is 9.03 Å². The van der Waals surface area contributed by atoms with E-state index in [1.165, 1.54) is 11.4 Å². The molecule has 1 unspecified atom stereocenters. The summed E-state index contributed by atoms with van der Waals surface area (Å²) in [4.78, 5) is 10.9. The van der Waals surface area contributed by atoms with Crippen molar-refractivity contribution in [2.24, 2.45) is 5.92 Å². The maximum absolute atomic E-state index is 12.5. The van der Waals surface area contributed by atoms with E-state index in [2.05, 4.69) is 4.72 Å². The summed E-state index contributed by atoms with van der Waals surface area (Å²) in [6.07, 6.45) is 0.621. The predicted octanol–water partition coefficient (Wildman–Crippen LogP) is 0.907. The highest BCUT2D eigenvalue weighted by atomic mass is 32.2. The molecule has 1 aliphatic heterocycles. The van der Waals surface area contributed by atoms with E-state index in [1.54, 1.807) is 19.1 Å². The van der Waals surface area contributed by atoms with Crippen LogP contribution in [0.15, 0.2) is 16.5 Å². The van der Waals surface area contributed by atoms with E-state index in [0.29, 0.717) is 24.4 Å². The van der Waals surface area contributed by atoms with Crippen molar-refractivity contribution < 1.29 is 27.5 Å². The molecule has 130 valence electrons. The molecule has 0 amide bonds. The van der Waals surface area contributed by atoms with Crippen molar-refractivity contribution in [1.29, 1.82) is 0 Å². The SMILES string of the molecule is COCC(NS(=O)(=O)N1CCC(C(=O)O)CC1)c1ccc(C)o1. The Hall–Kier alpha value is -1.42. The van der Waals surface area contributed by atoms with Crippen molar-refractivity contribution in [2.45, 2.75) is 25.8 Å². The number of aryl methyl sites for hydroxylation is 1. The molecule has 1 atom stereocenters. The Morgan fingerprint density at radius 3 is 2.61 bits per heavy atom. The number of rotatable bonds is 7. The molecule has 1 fully saturated rings. The summed E-state index contributed by atoms with van der Waals surface area (Å²) in [6, 6.07) is 2.83. The number of ether oxygens (including phenoxy) is 1. The number of carboxylic acids is 1. The molecule has 0 aromatic carbocycles. The fraction of sp³-hybridized carbons (Fsp3) is 0.643. The molecule has 0 spiro atoms. The van der Waals surface area contributed by atoms with Gasteiger partial charge in [-0.1, -0.05) is 0 Å². The Labute approximate surface area is 135 Å². The third kappa shape index (κ3) is 4.54. The molecule has 0 radical (unpaired) electrons. The lowest BCUT2D eigenvalue weighted by molar-refractivity contribution is -0.142. The Morgan fingerprint density at radius 2 is 2.13 bits per heavy atom. The first-order valence-corrected chi connectivity index (χ1v) is 8.83. The molecule has 0 aliphatic carbocycles. The fourth-order valence-electron chi connectivity index (χ4n) is 2.58. The van der Waals surface area contributed by atoms with Crippen molar-refractivity contribution in [2.75, 3.05) is 26.8 Å². The Morgan fingerprint density at radius 1 is 1.48 bits per heavy atom. The van der Waals surface area contributed by atoms with Gasteiger partial charge < -0.3 is 14.3 Å². The smallest absolute Gasteiger partial charge is 0.306 e. The zero-order chi connectivity index (χ0) is 17.0. The Balaban J connectivity index is 2.05. The predicted molar refractivity (Wildman–Crippen MR) is 82.1 cm³/mol. The summed E-state index contributed by atoms with van der Waals surface area (Å²) in [6.45, 7) is 2.28. The van der Waals surface area contributed by atoms with E-state index >= 15 is 0 Å². The second-order valence-corrected chi connectivity index (χ2v) is 7.29. The Bertz CT molecular complexity index is 633. The minimum atomic E-state index is -3.74. The van der Waals surface area contributed by atoms with Gasteiger partial charge in [0, 0.05) is 20.2 Å². The zero-order valence-electron chi connectivity index (χ0n) is 13.2. The Kier molecular flexibility index (Phi) is 5.79. The van der Waals surface area contributed by atoms with Gasteiger partial charge in [-0.3, -0.25) is 4.79 Å². The molecule has 9 heteroatoms. The number of carboxylic acid groups (broad SMARTS) is 1. The summed E-state index contributed by atoms with van der Waals surface area (Å²) in [5.74, 6) is -0.196. The number of methoxy groups -OCH3 is 1. The maximum atomic E-state index is 12.5. The van der Waals surface area contributed by atoms with Crippen LogP contribution in [0.25, 0.3) is 0 Å². The summed E-state index contributed by atoms with van der Waals surface area (Å²) in [5, 5.41) is 8.98.